The molecule has 1 aliphatic rings. The second-order valence-electron chi connectivity index (χ2n) is 4.66. The normalized spacial score (nSPS) is 18.3. The summed E-state index contributed by atoms with van der Waals surface area (Å²) in [5.74, 6) is 0.635. The zero-order chi connectivity index (χ0) is 13.2. The van der Waals surface area contributed by atoms with E-state index in [-0.39, 0.29) is 11.9 Å². The summed E-state index contributed by atoms with van der Waals surface area (Å²) in [6.45, 7) is 0. The molecule has 0 aliphatic heterocycles. The lowest BCUT2D eigenvalue weighted by molar-refractivity contribution is 0.573. The van der Waals surface area contributed by atoms with E-state index >= 15 is 0 Å². The van der Waals surface area contributed by atoms with Crippen LogP contribution < -0.4 is 5.73 Å². The third-order valence-electron chi connectivity index (χ3n) is 3.21. The lowest BCUT2D eigenvalue weighted by Gasteiger charge is -2.15. The van der Waals surface area contributed by atoms with Gasteiger partial charge in [-0.1, -0.05) is 0 Å². The molecule has 0 saturated carbocycles. The molecule has 2 aromatic rings. The molecule has 19 heavy (non-hydrogen) atoms. The van der Waals surface area contributed by atoms with Gasteiger partial charge in [0.15, 0.2) is 0 Å². The summed E-state index contributed by atoms with van der Waals surface area (Å²) in [6.07, 6.45) is 3.27. The first kappa shape index (κ1) is 13.1. The molecule has 0 saturated heterocycles. The van der Waals surface area contributed by atoms with Gasteiger partial charge in [0.25, 0.3) is 0 Å². The molecule has 0 fully saturated rings. The van der Waals surface area contributed by atoms with Crippen molar-refractivity contribution < 1.29 is 4.39 Å². The van der Waals surface area contributed by atoms with E-state index in [1.165, 1.54) is 22.7 Å². The van der Waals surface area contributed by atoms with Gasteiger partial charge in [-0.15, -0.1) is 23.1 Å². The van der Waals surface area contributed by atoms with Crippen LogP contribution in [0.25, 0.3) is 0 Å². The number of aromatic nitrogens is 1. The first-order valence-electron chi connectivity index (χ1n) is 6.35. The number of thiazole rings is 1. The summed E-state index contributed by atoms with van der Waals surface area (Å²) in [5, 5.41) is 1.12. The van der Waals surface area contributed by atoms with Crippen molar-refractivity contribution in [3.8, 4) is 0 Å². The monoisotopic (exact) mass is 294 g/mol. The van der Waals surface area contributed by atoms with Crippen LogP contribution in [0.1, 0.15) is 34.5 Å². The van der Waals surface area contributed by atoms with E-state index < -0.39 is 0 Å². The average molecular weight is 294 g/mol. The van der Waals surface area contributed by atoms with Crippen LogP contribution in [-0.2, 0) is 12.2 Å². The molecule has 0 bridgehead atoms. The highest BCUT2D eigenvalue weighted by atomic mass is 32.2. The first-order valence-corrected chi connectivity index (χ1v) is 8.15. The van der Waals surface area contributed by atoms with Crippen LogP contribution in [0.3, 0.4) is 0 Å². The molecule has 1 aromatic carbocycles. The van der Waals surface area contributed by atoms with Crippen LogP contribution in [-0.4, -0.2) is 4.98 Å². The Kier molecular flexibility index (Phi) is 3.86. The van der Waals surface area contributed by atoms with Gasteiger partial charge in [0, 0.05) is 15.8 Å². The van der Waals surface area contributed by atoms with Crippen LogP contribution in [0.2, 0.25) is 0 Å². The number of nitrogens with zero attached hydrogens (tertiary/aromatic N) is 1. The van der Waals surface area contributed by atoms with Gasteiger partial charge in [-0.05, 0) is 43.5 Å². The minimum atomic E-state index is -0.194. The van der Waals surface area contributed by atoms with Crippen molar-refractivity contribution in [2.24, 2.45) is 5.73 Å². The van der Waals surface area contributed by atoms with Crippen LogP contribution in [0.15, 0.2) is 29.2 Å². The SMILES string of the molecule is NC1CCCc2nc(CSc3ccc(F)cc3)sc21. The molecule has 1 heterocycles. The maximum absolute atomic E-state index is 12.8. The van der Waals surface area contributed by atoms with Gasteiger partial charge in [-0.2, -0.15) is 0 Å². The minimum absolute atomic E-state index is 0.172. The van der Waals surface area contributed by atoms with Crippen molar-refractivity contribution in [2.45, 2.75) is 36.0 Å². The number of fused-ring (bicyclic) bond motifs is 1. The third kappa shape index (κ3) is 2.99. The van der Waals surface area contributed by atoms with Crippen LogP contribution >= 0.6 is 23.1 Å². The quantitative estimate of drug-likeness (QED) is 0.872. The Bertz CT molecular complexity index is 565. The van der Waals surface area contributed by atoms with Crippen molar-refractivity contribution in [1.29, 1.82) is 0 Å². The van der Waals surface area contributed by atoms with Crippen LogP contribution in [0.5, 0.6) is 0 Å². The fourth-order valence-electron chi connectivity index (χ4n) is 2.24. The fraction of sp³-hybridized carbons (Fsp3) is 0.357. The van der Waals surface area contributed by atoms with E-state index in [0.717, 1.165) is 34.9 Å². The van der Waals surface area contributed by atoms with E-state index in [1.807, 2.05) is 0 Å². The standard InChI is InChI=1S/C14H15FN2S2/c15-9-4-6-10(7-5-9)18-8-13-17-12-3-1-2-11(16)14(12)19-13/h4-7,11H,1-3,8,16H2. The highest BCUT2D eigenvalue weighted by Gasteiger charge is 2.21. The molecule has 2 nitrogen and oxygen atoms in total. The summed E-state index contributed by atoms with van der Waals surface area (Å²) in [4.78, 5) is 7.01. The Hall–Kier alpha value is -0.910. The van der Waals surface area contributed by atoms with Crippen molar-refractivity contribution in [3.05, 3.63) is 45.7 Å². The lowest BCUT2D eigenvalue weighted by atomic mass is 9.99. The predicted octanol–water partition coefficient (Wildman–Crippen LogP) is 3.91. The topological polar surface area (TPSA) is 38.9 Å². The number of rotatable bonds is 3. The second-order valence-corrected chi connectivity index (χ2v) is 6.82. The number of hydrogen-bond donors (Lipinski definition) is 1. The Labute approximate surface area is 120 Å². The van der Waals surface area contributed by atoms with Gasteiger partial charge < -0.3 is 5.73 Å². The van der Waals surface area contributed by atoms with Gasteiger partial charge in [0.2, 0.25) is 0 Å². The van der Waals surface area contributed by atoms with Gasteiger partial charge in [-0.3, -0.25) is 0 Å². The Morgan fingerprint density at radius 3 is 2.89 bits per heavy atom. The molecule has 100 valence electrons. The molecule has 2 N–H and O–H groups in total. The summed E-state index contributed by atoms with van der Waals surface area (Å²) in [7, 11) is 0. The van der Waals surface area contributed by atoms with Gasteiger partial charge in [0.1, 0.15) is 10.8 Å². The molecule has 0 radical (unpaired) electrons. The van der Waals surface area contributed by atoms with Crippen molar-refractivity contribution >= 4 is 23.1 Å². The van der Waals surface area contributed by atoms with E-state index in [4.69, 9.17) is 5.73 Å². The largest absolute Gasteiger partial charge is 0.323 e. The Morgan fingerprint density at radius 2 is 2.16 bits per heavy atom. The number of nitrogens with two attached hydrogens (primary N) is 1. The van der Waals surface area contributed by atoms with Crippen molar-refractivity contribution in [1.82, 2.24) is 4.98 Å². The molecular weight excluding hydrogens is 279 g/mol. The number of hydrogen-bond acceptors (Lipinski definition) is 4. The molecule has 5 heteroatoms. The molecule has 0 spiro atoms. The molecule has 3 rings (SSSR count). The van der Waals surface area contributed by atoms with Gasteiger partial charge in [0.05, 0.1) is 11.4 Å². The molecule has 0 amide bonds. The second kappa shape index (κ2) is 5.61. The molecule has 1 aliphatic carbocycles. The zero-order valence-electron chi connectivity index (χ0n) is 10.4. The fourth-order valence-corrected chi connectivity index (χ4v) is 4.28. The van der Waals surface area contributed by atoms with E-state index in [9.17, 15) is 4.39 Å². The average Bonchev–Trinajstić information content (AvgIpc) is 2.83. The number of benzene rings is 1. The van der Waals surface area contributed by atoms with E-state index in [1.54, 1.807) is 35.2 Å². The van der Waals surface area contributed by atoms with E-state index in [0.29, 0.717) is 0 Å². The smallest absolute Gasteiger partial charge is 0.123 e. The van der Waals surface area contributed by atoms with E-state index in [2.05, 4.69) is 4.98 Å². The number of aryl methyl sites for hydroxylation is 1. The van der Waals surface area contributed by atoms with Crippen molar-refractivity contribution in [2.75, 3.05) is 0 Å². The maximum atomic E-state index is 12.8. The summed E-state index contributed by atoms with van der Waals surface area (Å²) < 4.78 is 12.8. The molecule has 1 unspecified atom stereocenters. The number of thioether (sulfide) groups is 1. The molecule has 1 aromatic heterocycles. The minimum Gasteiger partial charge on any atom is -0.323 e. The first-order chi connectivity index (χ1) is 9.22. The highest BCUT2D eigenvalue weighted by Crippen LogP contribution is 2.34. The summed E-state index contributed by atoms with van der Waals surface area (Å²) in [5.41, 5.74) is 7.30. The summed E-state index contributed by atoms with van der Waals surface area (Å²) >= 11 is 3.42. The number of halogens is 1. The third-order valence-corrected chi connectivity index (χ3v) is 5.65. The predicted molar refractivity (Wildman–Crippen MR) is 77.9 cm³/mol. The highest BCUT2D eigenvalue weighted by molar-refractivity contribution is 7.98. The molecular formula is C14H15FN2S2. The maximum Gasteiger partial charge on any atom is 0.123 e. The Balaban J connectivity index is 1.69. The van der Waals surface area contributed by atoms with Crippen LogP contribution in [0.4, 0.5) is 4.39 Å². The summed E-state index contributed by atoms with van der Waals surface area (Å²) in [6, 6.07) is 6.76. The Morgan fingerprint density at radius 1 is 1.37 bits per heavy atom. The molecule has 1 atom stereocenters. The van der Waals surface area contributed by atoms with Gasteiger partial charge in [-0.25, -0.2) is 9.37 Å². The lowest BCUT2D eigenvalue weighted by Crippen LogP contribution is -2.15. The van der Waals surface area contributed by atoms with Crippen LogP contribution in [0, 0.1) is 5.82 Å². The van der Waals surface area contributed by atoms with Gasteiger partial charge >= 0.3 is 0 Å². The van der Waals surface area contributed by atoms with Crippen molar-refractivity contribution in [3.63, 3.8) is 0 Å². The zero-order valence-corrected chi connectivity index (χ0v) is 12.1.